The fourth-order valence-electron chi connectivity index (χ4n) is 5.79. The highest BCUT2D eigenvalue weighted by Crippen LogP contribution is 2.60. The van der Waals surface area contributed by atoms with Crippen LogP contribution in [0.15, 0.2) is 4.99 Å². The topological polar surface area (TPSA) is 46.1 Å². The molecule has 0 radical (unpaired) electrons. The van der Waals surface area contributed by atoms with Gasteiger partial charge >= 0.3 is 0 Å². The van der Waals surface area contributed by atoms with E-state index in [2.05, 4.69) is 22.1 Å². The normalized spacial score (nSPS) is 37.8. The van der Waals surface area contributed by atoms with Crippen molar-refractivity contribution in [3.8, 4) is 0 Å². The predicted octanol–water partition coefficient (Wildman–Crippen LogP) is 2.27. The standard InChI is InChI=1S/C19H33N3O2/c1-3-23-13-14-6-10-22(12-14)18(20-2)21-16-15-7-11-24-17(15)19(16)8-4-5-9-19/h14-17H,3-13H2,1-2H3,(H,20,21). The molecule has 0 aromatic carbocycles. The smallest absolute Gasteiger partial charge is 0.193 e. The van der Waals surface area contributed by atoms with Crippen molar-refractivity contribution in [3.05, 3.63) is 0 Å². The molecule has 2 saturated carbocycles. The average molecular weight is 335 g/mol. The summed E-state index contributed by atoms with van der Waals surface area (Å²) in [4.78, 5) is 7.07. The van der Waals surface area contributed by atoms with Crippen LogP contribution in [0.1, 0.15) is 45.4 Å². The Morgan fingerprint density at radius 2 is 2.17 bits per heavy atom. The summed E-state index contributed by atoms with van der Waals surface area (Å²) in [5, 5.41) is 3.88. The van der Waals surface area contributed by atoms with E-state index >= 15 is 0 Å². The predicted molar refractivity (Wildman–Crippen MR) is 95.2 cm³/mol. The van der Waals surface area contributed by atoms with Crippen molar-refractivity contribution in [2.75, 3.05) is 40.0 Å². The third-order valence-electron chi connectivity index (χ3n) is 6.93. The molecule has 2 aliphatic carbocycles. The monoisotopic (exact) mass is 335 g/mol. The Hall–Kier alpha value is -0.810. The van der Waals surface area contributed by atoms with Gasteiger partial charge in [0.25, 0.3) is 0 Å². The zero-order valence-corrected chi connectivity index (χ0v) is 15.3. The molecule has 4 atom stereocenters. The highest BCUT2D eigenvalue weighted by atomic mass is 16.5. The maximum atomic E-state index is 6.11. The van der Waals surface area contributed by atoms with Crippen LogP contribution in [-0.2, 0) is 9.47 Å². The van der Waals surface area contributed by atoms with Crippen LogP contribution in [0, 0.1) is 17.3 Å². The Bertz CT molecular complexity index is 475. The van der Waals surface area contributed by atoms with Crippen LogP contribution in [0.25, 0.3) is 0 Å². The SMILES string of the molecule is CCOCC1CCN(C(=NC)NC2C3CCOC3C23CCCC3)C1. The number of ether oxygens (including phenoxy) is 2. The van der Waals surface area contributed by atoms with Crippen LogP contribution in [0.3, 0.4) is 0 Å². The van der Waals surface area contributed by atoms with Gasteiger partial charge in [0, 0.05) is 56.6 Å². The zero-order valence-electron chi connectivity index (χ0n) is 15.3. The summed E-state index contributed by atoms with van der Waals surface area (Å²) in [5.74, 6) is 2.45. The van der Waals surface area contributed by atoms with Gasteiger partial charge in [-0.1, -0.05) is 12.8 Å². The van der Waals surface area contributed by atoms with E-state index in [4.69, 9.17) is 9.47 Å². The van der Waals surface area contributed by atoms with E-state index < -0.39 is 0 Å². The van der Waals surface area contributed by atoms with Crippen LogP contribution < -0.4 is 5.32 Å². The number of aliphatic imine (C=N–C) groups is 1. The first kappa shape index (κ1) is 16.6. The molecule has 4 fully saturated rings. The Morgan fingerprint density at radius 1 is 1.33 bits per heavy atom. The third-order valence-corrected chi connectivity index (χ3v) is 6.93. The van der Waals surface area contributed by atoms with Gasteiger partial charge in [0.1, 0.15) is 0 Å². The van der Waals surface area contributed by atoms with E-state index in [-0.39, 0.29) is 0 Å². The molecule has 0 aromatic heterocycles. The molecule has 24 heavy (non-hydrogen) atoms. The van der Waals surface area contributed by atoms with Gasteiger partial charge in [-0.25, -0.2) is 0 Å². The van der Waals surface area contributed by atoms with Crippen molar-refractivity contribution in [2.24, 2.45) is 22.2 Å². The molecule has 4 unspecified atom stereocenters. The molecule has 2 saturated heterocycles. The lowest BCUT2D eigenvalue weighted by Gasteiger charge is -2.57. The quantitative estimate of drug-likeness (QED) is 0.632. The molecule has 5 nitrogen and oxygen atoms in total. The zero-order chi connectivity index (χ0) is 16.6. The summed E-state index contributed by atoms with van der Waals surface area (Å²) in [6, 6.07) is 0.567. The van der Waals surface area contributed by atoms with Crippen molar-refractivity contribution in [1.29, 1.82) is 0 Å². The summed E-state index contributed by atoms with van der Waals surface area (Å²) in [6.45, 7) is 6.90. The molecule has 4 rings (SSSR count). The van der Waals surface area contributed by atoms with Gasteiger partial charge in [0.2, 0.25) is 0 Å². The number of likely N-dealkylation sites (tertiary alicyclic amines) is 1. The van der Waals surface area contributed by atoms with Crippen LogP contribution in [-0.4, -0.2) is 63.0 Å². The molecule has 0 aromatic rings. The van der Waals surface area contributed by atoms with Gasteiger partial charge < -0.3 is 19.7 Å². The van der Waals surface area contributed by atoms with E-state index in [0.717, 1.165) is 38.9 Å². The van der Waals surface area contributed by atoms with Crippen molar-refractivity contribution >= 4 is 5.96 Å². The highest BCUT2D eigenvalue weighted by molar-refractivity contribution is 5.80. The highest BCUT2D eigenvalue weighted by Gasteiger charge is 2.65. The van der Waals surface area contributed by atoms with E-state index in [1.165, 1.54) is 38.5 Å². The lowest BCUT2D eigenvalue weighted by atomic mass is 9.54. The van der Waals surface area contributed by atoms with E-state index in [0.29, 0.717) is 29.4 Å². The molecule has 136 valence electrons. The van der Waals surface area contributed by atoms with Crippen LogP contribution in [0.5, 0.6) is 0 Å². The number of hydrogen-bond donors (Lipinski definition) is 1. The largest absolute Gasteiger partial charge is 0.381 e. The van der Waals surface area contributed by atoms with Gasteiger partial charge in [0.05, 0.1) is 12.7 Å². The summed E-state index contributed by atoms with van der Waals surface area (Å²) >= 11 is 0. The lowest BCUT2D eigenvalue weighted by Crippen LogP contribution is -2.69. The van der Waals surface area contributed by atoms with Crippen LogP contribution in [0.2, 0.25) is 0 Å². The fourth-order valence-corrected chi connectivity index (χ4v) is 5.79. The Morgan fingerprint density at radius 3 is 2.92 bits per heavy atom. The number of guanidine groups is 1. The molecular formula is C19H33N3O2. The van der Waals surface area contributed by atoms with Gasteiger partial charge in [-0.2, -0.15) is 0 Å². The maximum absolute atomic E-state index is 6.11. The van der Waals surface area contributed by atoms with Gasteiger partial charge in [-0.3, -0.25) is 4.99 Å². The van der Waals surface area contributed by atoms with Gasteiger partial charge in [-0.05, 0) is 32.6 Å². The maximum Gasteiger partial charge on any atom is 0.193 e. The van der Waals surface area contributed by atoms with Crippen molar-refractivity contribution in [1.82, 2.24) is 10.2 Å². The number of nitrogens with zero attached hydrogens (tertiary/aromatic N) is 2. The molecule has 0 amide bonds. The molecule has 2 heterocycles. The lowest BCUT2D eigenvalue weighted by molar-refractivity contribution is -0.125. The second-order valence-electron chi connectivity index (χ2n) is 8.11. The molecule has 1 N–H and O–H groups in total. The summed E-state index contributed by atoms with van der Waals surface area (Å²) < 4.78 is 11.7. The number of hydrogen-bond acceptors (Lipinski definition) is 3. The Kier molecular flexibility index (Phi) is 4.74. The van der Waals surface area contributed by atoms with Crippen molar-refractivity contribution in [3.63, 3.8) is 0 Å². The van der Waals surface area contributed by atoms with Crippen LogP contribution >= 0.6 is 0 Å². The van der Waals surface area contributed by atoms with Crippen LogP contribution in [0.4, 0.5) is 0 Å². The molecule has 0 bridgehead atoms. The summed E-state index contributed by atoms with van der Waals surface area (Å²) in [7, 11) is 1.93. The molecule has 2 aliphatic heterocycles. The van der Waals surface area contributed by atoms with Crippen molar-refractivity contribution < 1.29 is 9.47 Å². The Balaban J connectivity index is 1.40. The number of rotatable bonds is 4. The van der Waals surface area contributed by atoms with Gasteiger partial charge in [-0.15, -0.1) is 0 Å². The van der Waals surface area contributed by atoms with Crippen molar-refractivity contribution in [2.45, 2.75) is 57.6 Å². The first-order valence-electron chi connectivity index (χ1n) is 9.96. The molecule has 5 heteroatoms. The number of nitrogens with one attached hydrogen (secondary N) is 1. The average Bonchev–Trinajstić information content (AvgIpc) is 3.33. The van der Waals surface area contributed by atoms with Gasteiger partial charge in [0.15, 0.2) is 5.96 Å². The molecule has 1 spiro atoms. The minimum Gasteiger partial charge on any atom is -0.381 e. The first-order chi connectivity index (χ1) is 11.8. The minimum absolute atomic E-state index is 0.390. The minimum atomic E-state index is 0.390. The Labute approximate surface area is 146 Å². The second kappa shape index (κ2) is 6.83. The van der Waals surface area contributed by atoms with E-state index in [9.17, 15) is 0 Å². The first-order valence-corrected chi connectivity index (χ1v) is 9.96. The van der Waals surface area contributed by atoms with E-state index in [1.54, 1.807) is 0 Å². The summed E-state index contributed by atoms with van der Waals surface area (Å²) in [5.41, 5.74) is 0.390. The molecular weight excluding hydrogens is 302 g/mol. The molecule has 4 aliphatic rings. The number of fused-ring (bicyclic) bond motifs is 2. The second-order valence-corrected chi connectivity index (χ2v) is 8.11. The summed E-state index contributed by atoms with van der Waals surface area (Å²) in [6.07, 6.45) is 8.33. The van der Waals surface area contributed by atoms with E-state index in [1.807, 2.05) is 7.05 Å². The fraction of sp³-hybridized carbons (Fsp3) is 0.947. The third kappa shape index (κ3) is 2.64.